The van der Waals surface area contributed by atoms with Gasteiger partial charge in [0.05, 0.1) is 38.1 Å². The number of nitrogens with zero attached hydrogens (tertiary/aromatic N) is 2. The number of hydrogen-bond acceptors (Lipinski definition) is 8. The monoisotopic (exact) mass is 715 g/mol. The van der Waals surface area contributed by atoms with Gasteiger partial charge in [-0.05, 0) is 72.4 Å². The fourth-order valence-electron chi connectivity index (χ4n) is 6.61. The third-order valence-electron chi connectivity index (χ3n) is 9.39. The number of benzene rings is 4. The number of ether oxygens (including phenoxy) is 5. The van der Waals surface area contributed by atoms with Crippen LogP contribution in [0.1, 0.15) is 41.9 Å². The SMILES string of the molecule is COCCCN1CCOc2ccc(COC3CN(C(=O)OCc4ccccc4)CCC3c3ccc(NCCCOc4cc(F)ccc4F)cc3)cc21. The molecule has 2 aliphatic heterocycles. The number of amides is 1. The van der Waals surface area contributed by atoms with Gasteiger partial charge in [-0.2, -0.15) is 0 Å². The topological polar surface area (TPSA) is 81.7 Å². The van der Waals surface area contributed by atoms with Crippen LogP contribution >= 0.6 is 0 Å². The maximum Gasteiger partial charge on any atom is 0.410 e. The molecule has 0 aliphatic carbocycles. The van der Waals surface area contributed by atoms with Gasteiger partial charge in [-0.3, -0.25) is 0 Å². The Bertz CT molecular complexity index is 1730. The highest BCUT2D eigenvalue weighted by atomic mass is 19.1. The Labute approximate surface area is 304 Å². The lowest BCUT2D eigenvalue weighted by Crippen LogP contribution is -2.47. The molecular weight excluding hydrogens is 668 g/mol. The number of carbonyl (C=O) groups is 1. The fourth-order valence-corrected chi connectivity index (χ4v) is 6.61. The van der Waals surface area contributed by atoms with Crippen LogP contribution in [-0.4, -0.2) is 76.8 Å². The van der Waals surface area contributed by atoms with Crippen molar-refractivity contribution in [3.05, 3.63) is 119 Å². The maximum absolute atomic E-state index is 13.8. The number of nitrogens with one attached hydrogen (secondary N) is 1. The van der Waals surface area contributed by atoms with E-state index < -0.39 is 11.6 Å². The largest absolute Gasteiger partial charge is 0.490 e. The van der Waals surface area contributed by atoms with E-state index in [1.807, 2.05) is 54.6 Å². The molecule has 1 fully saturated rings. The van der Waals surface area contributed by atoms with E-state index in [0.717, 1.165) is 77.9 Å². The number of carbonyl (C=O) groups excluding carboxylic acids is 1. The molecule has 1 saturated heterocycles. The highest BCUT2D eigenvalue weighted by molar-refractivity contribution is 5.68. The molecule has 4 aromatic rings. The van der Waals surface area contributed by atoms with E-state index in [9.17, 15) is 13.6 Å². The van der Waals surface area contributed by atoms with Gasteiger partial charge < -0.3 is 38.8 Å². The summed E-state index contributed by atoms with van der Waals surface area (Å²) in [6.45, 7) is 5.46. The summed E-state index contributed by atoms with van der Waals surface area (Å²) in [5.41, 5.74) is 5.10. The summed E-state index contributed by atoms with van der Waals surface area (Å²) < 4.78 is 56.2. The van der Waals surface area contributed by atoms with Gasteiger partial charge in [0.25, 0.3) is 0 Å². The quantitative estimate of drug-likeness (QED) is 0.118. The van der Waals surface area contributed by atoms with Gasteiger partial charge in [-0.15, -0.1) is 0 Å². The van der Waals surface area contributed by atoms with E-state index in [1.54, 1.807) is 12.0 Å². The molecule has 1 amide bonds. The average molecular weight is 716 g/mol. The Kier molecular flexibility index (Phi) is 13.2. The first-order valence-electron chi connectivity index (χ1n) is 18.0. The lowest BCUT2D eigenvalue weighted by molar-refractivity contribution is -0.0246. The summed E-state index contributed by atoms with van der Waals surface area (Å²) in [6.07, 6.45) is 1.64. The lowest BCUT2D eigenvalue weighted by atomic mass is 9.87. The van der Waals surface area contributed by atoms with Gasteiger partial charge in [0, 0.05) is 51.0 Å². The second-order valence-electron chi connectivity index (χ2n) is 13.0. The summed E-state index contributed by atoms with van der Waals surface area (Å²) in [7, 11) is 1.72. The van der Waals surface area contributed by atoms with Crippen LogP contribution in [0.5, 0.6) is 11.5 Å². The Hall–Kier alpha value is -4.87. The van der Waals surface area contributed by atoms with E-state index in [1.165, 1.54) is 0 Å². The normalized spacial score (nSPS) is 16.9. The van der Waals surface area contributed by atoms with Crippen LogP contribution in [0.25, 0.3) is 0 Å². The minimum Gasteiger partial charge on any atom is -0.490 e. The summed E-state index contributed by atoms with van der Waals surface area (Å²) in [5, 5.41) is 3.37. The van der Waals surface area contributed by atoms with Crippen LogP contribution in [0.3, 0.4) is 0 Å². The summed E-state index contributed by atoms with van der Waals surface area (Å²) in [6, 6.07) is 27.3. The molecule has 4 aromatic carbocycles. The van der Waals surface area contributed by atoms with Crippen molar-refractivity contribution in [2.45, 2.75) is 44.5 Å². The minimum absolute atomic E-state index is 0.0632. The molecule has 2 heterocycles. The minimum atomic E-state index is -0.584. The summed E-state index contributed by atoms with van der Waals surface area (Å²) >= 11 is 0. The number of anilines is 2. The Morgan fingerprint density at radius 3 is 2.58 bits per heavy atom. The summed E-state index contributed by atoms with van der Waals surface area (Å²) in [5.74, 6) is -0.271. The van der Waals surface area contributed by atoms with E-state index in [2.05, 4.69) is 28.4 Å². The highest BCUT2D eigenvalue weighted by Crippen LogP contribution is 2.35. The molecule has 0 spiro atoms. The van der Waals surface area contributed by atoms with Crippen LogP contribution in [0.4, 0.5) is 25.0 Å². The predicted molar refractivity (Wildman–Crippen MR) is 196 cm³/mol. The molecule has 0 aromatic heterocycles. The number of fused-ring (bicyclic) bond motifs is 1. The van der Waals surface area contributed by atoms with Gasteiger partial charge in [-0.25, -0.2) is 13.6 Å². The highest BCUT2D eigenvalue weighted by Gasteiger charge is 2.34. The second kappa shape index (κ2) is 18.6. The molecule has 52 heavy (non-hydrogen) atoms. The first kappa shape index (κ1) is 36.9. The maximum atomic E-state index is 13.8. The smallest absolute Gasteiger partial charge is 0.410 e. The number of halogens is 2. The predicted octanol–water partition coefficient (Wildman–Crippen LogP) is 7.79. The third-order valence-corrected chi connectivity index (χ3v) is 9.39. The van der Waals surface area contributed by atoms with Crippen molar-refractivity contribution < 1.29 is 37.3 Å². The van der Waals surface area contributed by atoms with Crippen molar-refractivity contribution in [3.63, 3.8) is 0 Å². The van der Waals surface area contributed by atoms with Crippen LogP contribution in [0, 0.1) is 11.6 Å². The van der Waals surface area contributed by atoms with Crippen LogP contribution in [0.2, 0.25) is 0 Å². The van der Waals surface area contributed by atoms with Gasteiger partial charge in [-0.1, -0.05) is 48.5 Å². The molecule has 2 aliphatic rings. The molecule has 0 bridgehead atoms. The second-order valence-corrected chi connectivity index (χ2v) is 13.0. The molecule has 9 nitrogen and oxygen atoms in total. The Morgan fingerprint density at radius 2 is 1.75 bits per heavy atom. The zero-order valence-corrected chi connectivity index (χ0v) is 29.6. The van der Waals surface area contributed by atoms with Crippen molar-refractivity contribution in [1.29, 1.82) is 0 Å². The molecular formula is C41H47F2N3O6. The van der Waals surface area contributed by atoms with Crippen molar-refractivity contribution in [2.24, 2.45) is 0 Å². The molecule has 0 radical (unpaired) electrons. The number of rotatable bonds is 16. The molecule has 11 heteroatoms. The van der Waals surface area contributed by atoms with E-state index in [-0.39, 0.29) is 37.1 Å². The van der Waals surface area contributed by atoms with E-state index >= 15 is 0 Å². The zero-order chi connectivity index (χ0) is 36.1. The first-order valence-corrected chi connectivity index (χ1v) is 18.0. The number of likely N-dealkylation sites (tertiary alicyclic amines) is 1. The molecule has 0 saturated carbocycles. The standard InChI is InChI=1S/C41H47F2N3O6/c1-48-22-6-19-45-21-24-50-38-16-9-31(25-37(38)45)29-51-40-27-46(41(47)52-28-30-7-3-2-4-8-30)20-17-35(40)32-10-13-34(14-11-32)44-18-5-23-49-39-26-33(42)12-15-36(39)43/h2-4,7-16,25-26,35,40,44H,5-6,17-24,27-29H2,1H3. The van der Waals surface area contributed by atoms with Crippen molar-refractivity contribution in [3.8, 4) is 11.5 Å². The van der Waals surface area contributed by atoms with Crippen molar-refractivity contribution >= 4 is 17.5 Å². The number of methoxy groups -OCH3 is 1. The van der Waals surface area contributed by atoms with E-state index in [4.69, 9.17) is 23.7 Å². The summed E-state index contributed by atoms with van der Waals surface area (Å²) in [4.78, 5) is 17.3. The zero-order valence-electron chi connectivity index (χ0n) is 29.6. The molecule has 1 N–H and O–H groups in total. The number of hydrogen-bond donors (Lipinski definition) is 1. The van der Waals surface area contributed by atoms with Crippen LogP contribution in [0.15, 0.2) is 91.0 Å². The van der Waals surface area contributed by atoms with Gasteiger partial charge >= 0.3 is 6.09 Å². The van der Waals surface area contributed by atoms with Gasteiger partial charge in [0.15, 0.2) is 11.6 Å². The van der Waals surface area contributed by atoms with E-state index in [0.29, 0.717) is 45.9 Å². The van der Waals surface area contributed by atoms with Crippen LogP contribution in [-0.2, 0) is 27.4 Å². The van der Waals surface area contributed by atoms with Crippen LogP contribution < -0.4 is 19.7 Å². The number of piperidine rings is 1. The van der Waals surface area contributed by atoms with Gasteiger partial charge in [0.2, 0.25) is 0 Å². The third kappa shape index (κ3) is 10.1. The van der Waals surface area contributed by atoms with Crippen molar-refractivity contribution in [2.75, 3.05) is 69.9 Å². The van der Waals surface area contributed by atoms with Crippen molar-refractivity contribution in [1.82, 2.24) is 4.90 Å². The lowest BCUT2D eigenvalue weighted by Gasteiger charge is -2.38. The van der Waals surface area contributed by atoms with Gasteiger partial charge in [0.1, 0.15) is 24.8 Å². The molecule has 6 rings (SSSR count). The fraction of sp³-hybridized carbons (Fsp3) is 0.390. The Balaban J connectivity index is 1.08. The Morgan fingerprint density at radius 1 is 0.904 bits per heavy atom. The first-order chi connectivity index (χ1) is 25.5. The molecule has 2 unspecified atom stereocenters. The molecule has 276 valence electrons. The molecule has 2 atom stereocenters. The average Bonchev–Trinajstić information content (AvgIpc) is 3.18.